The van der Waals surface area contributed by atoms with Gasteiger partial charge in [-0.15, -0.1) is 11.3 Å². The summed E-state index contributed by atoms with van der Waals surface area (Å²) in [5.41, 5.74) is 2.11. The molecule has 3 rings (SSSR count). The van der Waals surface area contributed by atoms with Gasteiger partial charge in [0.1, 0.15) is 5.75 Å². The first-order valence-electron chi connectivity index (χ1n) is 7.83. The lowest BCUT2D eigenvalue weighted by atomic mass is 9.88. The lowest BCUT2D eigenvalue weighted by Crippen LogP contribution is -2.11. The summed E-state index contributed by atoms with van der Waals surface area (Å²) in [7, 11) is 0. The Morgan fingerprint density at radius 1 is 1.23 bits per heavy atom. The van der Waals surface area contributed by atoms with Crippen LogP contribution in [0.15, 0.2) is 29.6 Å². The average molecular weight is 315 g/mol. The lowest BCUT2D eigenvalue weighted by molar-refractivity contribution is 0.102. The number of phenols is 1. The number of carbonyl (C=O) groups excluding carboxylic acids is 1. The highest BCUT2D eigenvalue weighted by Gasteiger charge is 2.19. The molecule has 1 aliphatic rings. The summed E-state index contributed by atoms with van der Waals surface area (Å²) in [6.07, 6.45) is 6.39. The number of phenolic OH excluding ortho intramolecular Hbond substituents is 1. The molecule has 4 heteroatoms. The van der Waals surface area contributed by atoms with Gasteiger partial charge in [0, 0.05) is 10.3 Å². The maximum atomic E-state index is 12.3. The molecule has 116 valence electrons. The van der Waals surface area contributed by atoms with E-state index >= 15 is 0 Å². The number of rotatable bonds is 3. The van der Waals surface area contributed by atoms with Crippen molar-refractivity contribution >= 4 is 22.9 Å². The number of nitrogens with one attached hydrogen (secondary N) is 1. The van der Waals surface area contributed by atoms with E-state index in [0.717, 1.165) is 5.56 Å². The fourth-order valence-corrected chi connectivity index (χ4v) is 4.08. The van der Waals surface area contributed by atoms with Crippen LogP contribution >= 0.6 is 11.3 Å². The van der Waals surface area contributed by atoms with Crippen molar-refractivity contribution in [1.82, 2.24) is 0 Å². The molecule has 2 aromatic rings. The molecule has 0 unspecified atom stereocenters. The summed E-state index contributed by atoms with van der Waals surface area (Å²) < 4.78 is 0. The smallest absolute Gasteiger partial charge is 0.256 e. The number of benzene rings is 1. The fourth-order valence-electron chi connectivity index (χ4n) is 3.01. The normalized spacial score (nSPS) is 15.7. The second kappa shape index (κ2) is 6.53. The number of amides is 1. The summed E-state index contributed by atoms with van der Waals surface area (Å²) in [6.45, 7) is 1.90. The molecule has 1 heterocycles. The van der Waals surface area contributed by atoms with Crippen molar-refractivity contribution in [2.24, 2.45) is 0 Å². The maximum Gasteiger partial charge on any atom is 0.256 e. The molecule has 0 bridgehead atoms. The number of hydrogen-bond donors (Lipinski definition) is 2. The zero-order chi connectivity index (χ0) is 15.5. The zero-order valence-electron chi connectivity index (χ0n) is 12.8. The van der Waals surface area contributed by atoms with Gasteiger partial charge in [0.15, 0.2) is 0 Å². The van der Waals surface area contributed by atoms with E-state index in [0.29, 0.717) is 17.2 Å². The molecule has 22 heavy (non-hydrogen) atoms. The van der Waals surface area contributed by atoms with Gasteiger partial charge in [0.05, 0.1) is 11.3 Å². The van der Waals surface area contributed by atoms with Crippen LogP contribution in [-0.4, -0.2) is 11.0 Å². The average Bonchev–Trinajstić information content (AvgIpc) is 3.01. The topological polar surface area (TPSA) is 49.3 Å². The molecule has 2 N–H and O–H groups in total. The number of hydrogen-bond acceptors (Lipinski definition) is 3. The largest absolute Gasteiger partial charge is 0.506 e. The first kappa shape index (κ1) is 15.1. The third-order valence-corrected chi connectivity index (χ3v) is 5.39. The van der Waals surface area contributed by atoms with E-state index in [9.17, 15) is 9.90 Å². The number of aromatic hydroxyl groups is 1. The van der Waals surface area contributed by atoms with E-state index in [-0.39, 0.29) is 11.7 Å². The third kappa shape index (κ3) is 3.33. The van der Waals surface area contributed by atoms with Gasteiger partial charge in [-0.3, -0.25) is 4.79 Å². The van der Waals surface area contributed by atoms with Crippen LogP contribution in [0, 0.1) is 6.92 Å². The van der Waals surface area contributed by atoms with Crippen molar-refractivity contribution in [2.75, 3.05) is 5.32 Å². The highest BCUT2D eigenvalue weighted by atomic mass is 32.1. The van der Waals surface area contributed by atoms with Crippen LogP contribution in [0.4, 0.5) is 5.69 Å². The Morgan fingerprint density at radius 2 is 2.00 bits per heavy atom. The Balaban J connectivity index is 1.71. The number of anilines is 1. The molecule has 1 aromatic heterocycles. The van der Waals surface area contributed by atoms with Crippen molar-refractivity contribution in [1.29, 1.82) is 0 Å². The van der Waals surface area contributed by atoms with E-state index in [1.807, 2.05) is 24.4 Å². The quantitative estimate of drug-likeness (QED) is 0.778. The Kier molecular flexibility index (Phi) is 4.48. The SMILES string of the molecule is Cc1ccc(NC(=O)c2csc(C3CCCCC3)c2)c(O)c1. The molecular formula is C18H21NO2S. The van der Waals surface area contributed by atoms with Gasteiger partial charge in [-0.2, -0.15) is 0 Å². The monoisotopic (exact) mass is 315 g/mol. The number of aryl methyl sites for hydroxylation is 1. The van der Waals surface area contributed by atoms with Gasteiger partial charge in [0.25, 0.3) is 5.91 Å². The number of thiophene rings is 1. The van der Waals surface area contributed by atoms with Crippen LogP contribution in [0.25, 0.3) is 0 Å². The molecule has 1 saturated carbocycles. The van der Waals surface area contributed by atoms with Crippen molar-refractivity contribution in [2.45, 2.75) is 44.9 Å². The Bertz CT molecular complexity index is 671. The second-order valence-electron chi connectivity index (χ2n) is 6.05. The highest BCUT2D eigenvalue weighted by Crippen LogP contribution is 2.36. The van der Waals surface area contributed by atoms with Crippen LogP contribution in [0.1, 0.15) is 58.8 Å². The molecular weight excluding hydrogens is 294 g/mol. The predicted octanol–water partition coefficient (Wildman–Crippen LogP) is 5.06. The molecule has 1 aromatic carbocycles. The van der Waals surface area contributed by atoms with Gasteiger partial charge in [0.2, 0.25) is 0 Å². The van der Waals surface area contributed by atoms with E-state index in [1.165, 1.54) is 37.0 Å². The zero-order valence-corrected chi connectivity index (χ0v) is 13.6. The van der Waals surface area contributed by atoms with Gasteiger partial charge < -0.3 is 10.4 Å². The molecule has 0 aliphatic heterocycles. The minimum absolute atomic E-state index is 0.107. The van der Waals surface area contributed by atoms with Crippen molar-refractivity contribution in [3.63, 3.8) is 0 Å². The van der Waals surface area contributed by atoms with E-state index in [2.05, 4.69) is 5.32 Å². The van der Waals surface area contributed by atoms with E-state index in [1.54, 1.807) is 23.5 Å². The minimum atomic E-state index is -0.155. The van der Waals surface area contributed by atoms with Gasteiger partial charge in [-0.1, -0.05) is 25.3 Å². The van der Waals surface area contributed by atoms with E-state index in [4.69, 9.17) is 0 Å². The predicted molar refractivity (Wildman–Crippen MR) is 90.9 cm³/mol. The summed E-state index contributed by atoms with van der Waals surface area (Å²) in [5.74, 6) is 0.571. The van der Waals surface area contributed by atoms with Gasteiger partial charge in [-0.05, 0) is 49.4 Å². The standard InChI is InChI=1S/C18H21NO2S/c1-12-7-8-15(16(20)9-12)19-18(21)14-10-17(22-11-14)13-5-3-2-4-6-13/h7-11,13,20H,2-6H2,1H3,(H,19,21). The van der Waals surface area contributed by atoms with Crippen LogP contribution in [0.5, 0.6) is 5.75 Å². The molecule has 0 saturated heterocycles. The first-order chi connectivity index (χ1) is 10.6. The van der Waals surface area contributed by atoms with Crippen molar-refractivity contribution < 1.29 is 9.90 Å². The highest BCUT2D eigenvalue weighted by molar-refractivity contribution is 7.10. The molecule has 1 aliphatic carbocycles. The van der Waals surface area contributed by atoms with E-state index < -0.39 is 0 Å². The summed E-state index contributed by atoms with van der Waals surface area (Å²) in [6, 6.07) is 7.27. The number of carbonyl (C=O) groups is 1. The second-order valence-corrected chi connectivity index (χ2v) is 6.99. The molecule has 0 radical (unpaired) electrons. The Morgan fingerprint density at radius 3 is 2.73 bits per heavy atom. The molecule has 1 amide bonds. The minimum Gasteiger partial charge on any atom is -0.506 e. The van der Waals surface area contributed by atoms with Crippen LogP contribution in [0.2, 0.25) is 0 Å². The summed E-state index contributed by atoms with van der Waals surface area (Å²) in [5, 5.41) is 14.6. The molecule has 3 nitrogen and oxygen atoms in total. The molecule has 0 atom stereocenters. The Hall–Kier alpha value is -1.81. The molecule has 0 spiro atoms. The third-order valence-electron chi connectivity index (χ3n) is 4.29. The molecule has 1 fully saturated rings. The Labute approximate surface area is 135 Å². The summed E-state index contributed by atoms with van der Waals surface area (Å²) >= 11 is 1.68. The van der Waals surface area contributed by atoms with Crippen molar-refractivity contribution in [3.8, 4) is 5.75 Å². The first-order valence-corrected chi connectivity index (χ1v) is 8.71. The van der Waals surface area contributed by atoms with Crippen molar-refractivity contribution in [3.05, 3.63) is 45.6 Å². The summed E-state index contributed by atoms with van der Waals surface area (Å²) in [4.78, 5) is 13.6. The fraction of sp³-hybridized carbons (Fsp3) is 0.389. The lowest BCUT2D eigenvalue weighted by Gasteiger charge is -2.19. The van der Waals surface area contributed by atoms with Gasteiger partial charge >= 0.3 is 0 Å². The van der Waals surface area contributed by atoms with Crippen LogP contribution in [-0.2, 0) is 0 Å². The van der Waals surface area contributed by atoms with Crippen LogP contribution < -0.4 is 5.32 Å². The van der Waals surface area contributed by atoms with Gasteiger partial charge in [-0.25, -0.2) is 0 Å². The van der Waals surface area contributed by atoms with Crippen LogP contribution in [0.3, 0.4) is 0 Å². The maximum absolute atomic E-state index is 12.3.